The van der Waals surface area contributed by atoms with Crippen LogP contribution in [0.15, 0.2) is 54.1 Å². The zero-order valence-electron chi connectivity index (χ0n) is 18.9. The minimum absolute atomic E-state index is 0.00444. The first kappa shape index (κ1) is 23.0. The Hall–Kier alpha value is -3.14. The molecule has 2 heterocycles. The number of nitrogens with zero attached hydrogens (tertiary/aromatic N) is 2. The number of fused-ring (bicyclic) bond motifs is 1. The van der Waals surface area contributed by atoms with E-state index in [1.54, 1.807) is 11.3 Å². The first-order valence-electron chi connectivity index (χ1n) is 11.5. The SMILES string of the molecule is C/C(=C(/C#N)C(=O)NCCCO)c1ccc(-c2ccc3cc(N4CCCCC4)ccc3c2)s1. The second-order valence-electron chi connectivity index (χ2n) is 8.40. The summed E-state index contributed by atoms with van der Waals surface area (Å²) in [7, 11) is 0. The number of anilines is 1. The highest BCUT2D eigenvalue weighted by Crippen LogP contribution is 2.35. The number of thiophene rings is 1. The van der Waals surface area contributed by atoms with Gasteiger partial charge in [-0.05, 0) is 84.8 Å². The monoisotopic (exact) mass is 459 g/mol. The Bertz CT molecular complexity index is 1220. The van der Waals surface area contributed by atoms with Crippen molar-refractivity contribution in [3.63, 3.8) is 0 Å². The lowest BCUT2D eigenvalue weighted by molar-refractivity contribution is -0.117. The number of hydrogen-bond donors (Lipinski definition) is 2. The van der Waals surface area contributed by atoms with Crippen molar-refractivity contribution in [3.05, 3.63) is 59.0 Å². The van der Waals surface area contributed by atoms with Crippen molar-refractivity contribution >= 4 is 39.3 Å². The third kappa shape index (κ3) is 5.27. The van der Waals surface area contributed by atoms with Crippen molar-refractivity contribution < 1.29 is 9.90 Å². The van der Waals surface area contributed by atoms with E-state index in [0.29, 0.717) is 18.5 Å². The quantitative estimate of drug-likeness (QED) is 0.284. The lowest BCUT2D eigenvalue weighted by atomic mass is 10.0. The second-order valence-corrected chi connectivity index (χ2v) is 9.49. The van der Waals surface area contributed by atoms with Crippen LogP contribution in [0.1, 0.15) is 37.5 Å². The van der Waals surface area contributed by atoms with Crippen LogP contribution in [0.5, 0.6) is 0 Å². The predicted molar refractivity (Wildman–Crippen MR) is 136 cm³/mol. The van der Waals surface area contributed by atoms with Crippen molar-refractivity contribution in [1.82, 2.24) is 5.32 Å². The Morgan fingerprint density at radius 1 is 1.09 bits per heavy atom. The maximum absolute atomic E-state index is 12.4. The highest BCUT2D eigenvalue weighted by atomic mass is 32.1. The highest BCUT2D eigenvalue weighted by Gasteiger charge is 2.16. The molecule has 0 atom stereocenters. The molecule has 4 rings (SSSR count). The smallest absolute Gasteiger partial charge is 0.262 e. The first-order valence-corrected chi connectivity index (χ1v) is 12.3. The van der Waals surface area contributed by atoms with Gasteiger partial charge >= 0.3 is 0 Å². The van der Waals surface area contributed by atoms with Crippen LogP contribution in [0.3, 0.4) is 0 Å². The van der Waals surface area contributed by atoms with Gasteiger partial charge in [0.15, 0.2) is 0 Å². The molecule has 1 amide bonds. The molecule has 1 aromatic heterocycles. The van der Waals surface area contributed by atoms with E-state index in [-0.39, 0.29) is 12.2 Å². The fraction of sp³-hybridized carbons (Fsp3) is 0.333. The molecule has 6 heteroatoms. The third-order valence-corrected chi connectivity index (χ3v) is 7.39. The number of allylic oxidation sites excluding steroid dienone is 1. The number of carbonyl (C=O) groups excluding carboxylic acids is 1. The topological polar surface area (TPSA) is 76.4 Å². The van der Waals surface area contributed by atoms with E-state index in [1.165, 1.54) is 35.7 Å². The fourth-order valence-corrected chi connectivity index (χ4v) is 5.24. The van der Waals surface area contributed by atoms with Gasteiger partial charge in [-0.3, -0.25) is 4.79 Å². The summed E-state index contributed by atoms with van der Waals surface area (Å²) < 4.78 is 0. The summed E-state index contributed by atoms with van der Waals surface area (Å²) in [5.74, 6) is -0.395. The van der Waals surface area contributed by atoms with E-state index in [1.807, 2.05) is 25.1 Å². The number of aliphatic hydroxyl groups excluding tert-OH is 1. The normalized spacial score (nSPS) is 14.6. The van der Waals surface area contributed by atoms with Gasteiger partial charge in [0.2, 0.25) is 0 Å². The van der Waals surface area contributed by atoms with Crippen LogP contribution in [-0.4, -0.2) is 37.3 Å². The molecule has 0 unspecified atom stereocenters. The van der Waals surface area contributed by atoms with E-state index in [2.05, 4.69) is 46.6 Å². The van der Waals surface area contributed by atoms with Crippen molar-refractivity contribution in [2.75, 3.05) is 31.1 Å². The van der Waals surface area contributed by atoms with Gasteiger partial charge in [-0.25, -0.2) is 0 Å². The lowest BCUT2D eigenvalue weighted by Gasteiger charge is -2.29. The van der Waals surface area contributed by atoms with Crippen LogP contribution in [0.4, 0.5) is 5.69 Å². The van der Waals surface area contributed by atoms with Gasteiger partial charge in [0.25, 0.3) is 5.91 Å². The summed E-state index contributed by atoms with van der Waals surface area (Å²) in [6.07, 6.45) is 4.33. The molecule has 1 saturated heterocycles. The molecular weight excluding hydrogens is 430 g/mol. The number of benzene rings is 2. The summed E-state index contributed by atoms with van der Waals surface area (Å²) in [6, 6.07) is 19.3. The Morgan fingerprint density at radius 3 is 2.61 bits per heavy atom. The van der Waals surface area contributed by atoms with Crippen molar-refractivity contribution in [2.45, 2.75) is 32.6 Å². The molecule has 5 nitrogen and oxygen atoms in total. The lowest BCUT2D eigenvalue weighted by Crippen LogP contribution is -2.29. The number of nitriles is 1. The molecule has 0 radical (unpaired) electrons. The zero-order valence-corrected chi connectivity index (χ0v) is 19.8. The van der Waals surface area contributed by atoms with Crippen LogP contribution in [0.2, 0.25) is 0 Å². The minimum Gasteiger partial charge on any atom is -0.396 e. The van der Waals surface area contributed by atoms with Gasteiger partial charge in [-0.2, -0.15) is 5.26 Å². The van der Waals surface area contributed by atoms with E-state index in [9.17, 15) is 10.1 Å². The standard InChI is InChI=1S/C27H29N3O2S/c1-19(24(18-28)27(32)29-12-5-15-31)25-10-11-26(33-25)22-7-6-21-17-23(9-8-20(21)16-22)30-13-3-2-4-14-30/h6-11,16-17,31H,2-5,12-15H2,1H3,(H,29,32)/b24-19+. The molecule has 170 valence electrons. The number of nitrogens with one attached hydrogen (secondary N) is 1. The van der Waals surface area contributed by atoms with E-state index < -0.39 is 5.91 Å². The van der Waals surface area contributed by atoms with Crippen LogP contribution in [-0.2, 0) is 4.79 Å². The Morgan fingerprint density at radius 2 is 1.85 bits per heavy atom. The third-order valence-electron chi connectivity index (χ3n) is 6.14. The molecule has 33 heavy (non-hydrogen) atoms. The van der Waals surface area contributed by atoms with Gasteiger partial charge < -0.3 is 15.3 Å². The van der Waals surface area contributed by atoms with Gasteiger partial charge in [0.1, 0.15) is 11.6 Å². The molecule has 0 spiro atoms. The number of aliphatic hydroxyl groups is 1. The zero-order chi connectivity index (χ0) is 23.2. The van der Waals surface area contributed by atoms with E-state index in [0.717, 1.165) is 28.4 Å². The molecular formula is C27H29N3O2S. The minimum atomic E-state index is -0.395. The number of carbonyl (C=O) groups is 1. The predicted octanol–water partition coefficient (Wildman–Crippen LogP) is 5.35. The van der Waals surface area contributed by atoms with Crippen LogP contribution >= 0.6 is 11.3 Å². The second kappa shape index (κ2) is 10.7. The molecule has 2 N–H and O–H groups in total. The number of piperidine rings is 1. The average molecular weight is 460 g/mol. The largest absolute Gasteiger partial charge is 0.396 e. The molecule has 2 aromatic carbocycles. The summed E-state index contributed by atoms with van der Waals surface area (Å²) in [6.45, 7) is 4.43. The fourth-order valence-electron chi connectivity index (χ4n) is 4.23. The van der Waals surface area contributed by atoms with Gasteiger partial charge in [0, 0.05) is 41.7 Å². The average Bonchev–Trinajstić information content (AvgIpc) is 3.35. The maximum atomic E-state index is 12.4. The van der Waals surface area contributed by atoms with Gasteiger partial charge in [0.05, 0.1) is 0 Å². The van der Waals surface area contributed by atoms with Crippen LogP contribution in [0, 0.1) is 11.3 Å². The molecule has 1 aliphatic heterocycles. The highest BCUT2D eigenvalue weighted by molar-refractivity contribution is 7.16. The summed E-state index contributed by atoms with van der Waals surface area (Å²) in [4.78, 5) is 16.8. The summed E-state index contributed by atoms with van der Waals surface area (Å²) >= 11 is 1.58. The Balaban J connectivity index is 1.56. The van der Waals surface area contributed by atoms with E-state index >= 15 is 0 Å². The maximum Gasteiger partial charge on any atom is 0.262 e. The van der Waals surface area contributed by atoms with Crippen molar-refractivity contribution in [3.8, 4) is 16.5 Å². The van der Waals surface area contributed by atoms with Crippen molar-refractivity contribution in [1.29, 1.82) is 5.26 Å². The first-order chi connectivity index (χ1) is 16.1. The molecule has 1 aliphatic rings. The number of rotatable bonds is 7. The molecule has 0 aliphatic carbocycles. The molecule has 1 fully saturated rings. The molecule has 0 bridgehead atoms. The molecule has 0 saturated carbocycles. The van der Waals surface area contributed by atoms with Gasteiger partial charge in [-0.1, -0.05) is 18.2 Å². The number of amides is 1. The van der Waals surface area contributed by atoms with Gasteiger partial charge in [-0.15, -0.1) is 11.3 Å². The molecule has 3 aromatic rings. The van der Waals surface area contributed by atoms with E-state index in [4.69, 9.17) is 5.11 Å². The van der Waals surface area contributed by atoms with Crippen LogP contribution in [0.25, 0.3) is 26.8 Å². The number of hydrogen-bond acceptors (Lipinski definition) is 5. The van der Waals surface area contributed by atoms with Crippen LogP contribution < -0.4 is 10.2 Å². The summed E-state index contributed by atoms with van der Waals surface area (Å²) in [5.41, 5.74) is 3.21. The Labute approximate surface area is 199 Å². The van der Waals surface area contributed by atoms with Crippen molar-refractivity contribution in [2.24, 2.45) is 0 Å². The summed E-state index contributed by atoms with van der Waals surface area (Å²) in [5, 5.41) is 23.5. The Kier molecular flexibility index (Phi) is 7.43.